The molecule has 1 N–H and O–H groups in total. The molecule has 3 rings (SSSR count). The summed E-state index contributed by atoms with van der Waals surface area (Å²) in [6.07, 6.45) is 2.33. The van der Waals surface area contributed by atoms with Gasteiger partial charge in [0.15, 0.2) is 23.2 Å². The quantitative estimate of drug-likeness (QED) is 0.936. The third-order valence-electron chi connectivity index (χ3n) is 3.80. The molecule has 3 atom stereocenters. The third kappa shape index (κ3) is 2.54. The molecule has 0 aliphatic carbocycles. The monoisotopic (exact) mass is 307 g/mol. The summed E-state index contributed by atoms with van der Waals surface area (Å²) in [5, 5.41) is 2.67. The molecule has 0 radical (unpaired) electrons. The summed E-state index contributed by atoms with van der Waals surface area (Å²) in [6.45, 7) is 3.71. The van der Waals surface area contributed by atoms with Gasteiger partial charge in [-0.3, -0.25) is 9.36 Å². The topological polar surface area (TPSA) is 81.9 Å². The fraction of sp³-hybridized carbons (Fsp3) is 0.571. The second-order valence-corrected chi connectivity index (χ2v) is 5.26. The Bertz CT molecular complexity index is 689. The molecule has 0 spiro atoms. The van der Waals surface area contributed by atoms with Crippen LogP contribution in [-0.4, -0.2) is 37.7 Å². The summed E-state index contributed by atoms with van der Waals surface area (Å²) >= 11 is 0. The van der Waals surface area contributed by atoms with E-state index in [2.05, 4.69) is 20.3 Å². The molecule has 1 saturated heterocycles. The minimum atomic E-state index is -1.11. The number of imidazole rings is 1. The van der Waals surface area contributed by atoms with Crippen molar-refractivity contribution in [3.8, 4) is 0 Å². The zero-order valence-electron chi connectivity index (χ0n) is 12.5. The van der Waals surface area contributed by atoms with Gasteiger partial charge in [-0.2, -0.15) is 0 Å². The van der Waals surface area contributed by atoms with Crippen LogP contribution in [-0.2, 0) is 9.53 Å². The molecule has 8 heteroatoms. The highest BCUT2D eigenvalue weighted by Crippen LogP contribution is 2.34. The number of rotatable bonds is 4. The summed E-state index contributed by atoms with van der Waals surface area (Å²) in [6, 6.07) is 0. The van der Waals surface area contributed by atoms with Crippen molar-refractivity contribution in [1.29, 1.82) is 0 Å². The molecule has 0 aromatic carbocycles. The fourth-order valence-corrected chi connectivity index (χ4v) is 2.56. The molecule has 1 amide bonds. The predicted molar refractivity (Wildman–Crippen MR) is 78.0 cm³/mol. The van der Waals surface area contributed by atoms with Gasteiger partial charge in [-0.15, -0.1) is 0 Å². The van der Waals surface area contributed by atoms with E-state index < -0.39 is 12.4 Å². The van der Waals surface area contributed by atoms with E-state index in [1.54, 1.807) is 11.5 Å². The van der Waals surface area contributed by atoms with Crippen LogP contribution in [0.5, 0.6) is 0 Å². The molecule has 7 nitrogen and oxygen atoms in total. The smallest absolute Gasteiger partial charge is 0.225 e. The number of nitrogens with zero attached hydrogens (tertiary/aromatic N) is 4. The Morgan fingerprint density at radius 3 is 2.95 bits per heavy atom. The summed E-state index contributed by atoms with van der Waals surface area (Å²) in [7, 11) is 0. The van der Waals surface area contributed by atoms with E-state index in [0.29, 0.717) is 29.8 Å². The molecule has 0 bridgehead atoms. The Kier molecular flexibility index (Phi) is 4.02. The van der Waals surface area contributed by atoms with Crippen LogP contribution in [0, 0.1) is 0 Å². The Balaban J connectivity index is 1.96. The number of amides is 1. The van der Waals surface area contributed by atoms with Gasteiger partial charge in [0, 0.05) is 12.8 Å². The van der Waals surface area contributed by atoms with Crippen molar-refractivity contribution >= 4 is 22.9 Å². The minimum Gasteiger partial charge on any atom is -0.351 e. The van der Waals surface area contributed by atoms with E-state index >= 15 is 0 Å². The molecule has 1 fully saturated rings. The summed E-state index contributed by atoms with van der Waals surface area (Å²) in [4.78, 5) is 23.9. The van der Waals surface area contributed by atoms with Crippen LogP contribution in [0.15, 0.2) is 12.7 Å². The van der Waals surface area contributed by atoms with Gasteiger partial charge in [0.25, 0.3) is 0 Å². The van der Waals surface area contributed by atoms with Crippen molar-refractivity contribution in [2.75, 3.05) is 5.32 Å². The SMILES string of the molecule is CCC(=O)Nc1ncnc2c1ncn2C1OC(CC)CC1F. The van der Waals surface area contributed by atoms with Crippen LogP contribution < -0.4 is 5.32 Å². The molecular formula is C14H18FN5O2. The van der Waals surface area contributed by atoms with Gasteiger partial charge in [-0.25, -0.2) is 19.3 Å². The average Bonchev–Trinajstić information content (AvgIpc) is 3.10. The Labute approximate surface area is 126 Å². The van der Waals surface area contributed by atoms with Crippen LogP contribution in [0.2, 0.25) is 0 Å². The van der Waals surface area contributed by atoms with E-state index in [1.165, 1.54) is 12.7 Å². The predicted octanol–water partition coefficient (Wildman–Crippen LogP) is 2.21. The minimum absolute atomic E-state index is 0.0986. The van der Waals surface area contributed by atoms with Gasteiger partial charge in [-0.05, 0) is 6.42 Å². The lowest BCUT2D eigenvalue weighted by Crippen LogP contribution is -2.16. The molecule has 0 saturated carbocycles. The normalized spacial score (nSPS) is 24.8. The second kappa shape index (κ2) is 5.96. The number of hydrogen-bond donors (Lipinski definition) is 1. The van der Waals surface area contributed by atoms with E-state index in [4.69, 9.17) is 4.74 Å². The summed E-state index contributed by atoms with van der Waals surface area (Å²) < 4.78 is 21.5. The first-order chi connectivity index (χ1) is 10.6. The van der Waals surface area contributed by atoms with Crippen molar-refractivity contribution in [2.24, 2.45) is 0 Å². The zero-order valence-corrected chi connectivity index (χ0v) is 12.5. The van der Waals surface area contributed by atoms with Crippen molar-refractivity contribution < 1.29 is 13.9 Å². The number of alkyl halides is 1. The van der Waals surface area contributed by atoms with E-state index in [1.807, 2.05) is 6.92 Å². The van der Waals surface area contributed by atoms with Crippen molar-refractivity contribution in [3.63, 3.8) is 0 Å². The Morgan fingerprint density at radius 1 is 1.45 bits per heavy atom. The number of ether oxygens (including phenoxy) is 1. The Morgan fingerprint density at radius 2 is 2.27 bits per heavy atom. The van der Waals surface area contributed by atoms with Gasteiger partial charge in [-0.1, -0.05) is 13.8 Å². The highest BCUT2D eigenvalue weighted by molar-refractivity contribution is 5.96. The Hall–Kier alpha value is -2.09. The zero-order chi connectivity index (χ0) is 15.7. The van der Waals surface area contributed by atoms with Crippen LogP contribution in [0.4, 0.5) is 10.2 Å². The number of aromatic nitrogens is 4. The van der Waals surface area contributed by atoms with Gasteiger partial charge < -0.3 is 10.1 Å². The maximum Gasteiger partial charge on any atom is 0.225 e. The number of anilines is 1. The van der Waals surface area contributed by atoms with Crippen LogP contribution in [0.1, 0.15) is 39.3 Å². The lowest BCUT2D eigenvalue weighted by molar-refractivity contribution is -0.115. The lowest BCUT2D eigenvalue weighted by Gasteiger charge is -2.15. The number of carbonyl (C=O) groups is 1. The van der Waals surface area contributed by atoms with Gasteiger partial charge >= 0.3 is 0 Å². The summed E-state index contributed by atoms with van der Waals surface area (Å²) in [5.74, 6) is 0.164. The first kappa shape index (κ1) is 14.8. The first-order valence-electron chi connectivity index (χ1n) is 7.41. The first-order valence-corrected chi connectivity index (χ1v) is 7.41. The van der Waals surface area contributed by atoms with Crippen LogP contribution in [0.25, 0.3) is 11.2 Å². The average molecular weight is 307 g/mol. The van der Waals surface area contributed by atoms with E-state index in [0.717, 1.165) is 6.42 Å². The molecule has 3 unspecified atom stereocenters. The van der Waals surface area contributed by atoms with Crippen molar-refractivity contribution in [3.05, 3.63) is 12.7 Å². The third-order valence-corrected chi connectivity index (χ3v) is 3.80. The number of hydrogen-bond acceptors (Lipinski definition) is 5. The van der Waals surface area contributed by atoms with E-state index in [9.17, 15) is 9.18 Å². The molecule has 3 heterocycles. The van der Waals surface area contributed by atoms with Crippen molar-refractivity contribution in [1.82, 2.24) is 19.5 Å². The standard InChI is InChI=1S/C14H18FN5O2/c1-3-8-5-9(15)14(22-8)20-7-18-11-12(19-10(21)4-2)16-6-17-13(11)20/h6-9,14H,3-5H2,1-2H3,(H,16,17,19,21). The maximum atomic E-state index is 14.2. The van der Waals surface area contributed by atoms with Gasteiger partial charge in [0.1, 0.15) is 12.5 Å². The molecular weight excluding hydrogens is 289 g/mol. The number of halogens is 1. The molecule has 22 heavy (non-hydrogen) atoms. The molecule has 1 aliphatic rings. The highest BCUT2D eigenvalue weighted by Gasteiger charge is 2.36. The van der Waals surface area contributed by atoms with Crippen molar-refractivity contribution in [2.45, 2.75) is 51.6 Å². The molecule has 118 valence electrons. The van der Waals surface area contributed by atoms with Gasteiger partial charge in [0.2, 0.25) is 5.91 Å². The lowest BCUT2D eigenvalue weighted by atomic mass is 10.2. The highest BCUT2D eigenvalue weighted by atomic mass is 19.1. The summed E-state index contributed by atoms with van der Waals surface area (Å²) in [5.41, 5.74) is 0.880. The van der Waals surface area contributed by atoms with Crippen LogP contribution in [0.3, 0.4) is 0 Å². The number of fused-ring (bicyclic) bond motifs is 1. The van der Waals surface area contributed by atoms with E-state index in [-0.39, 0.29) is 12.0 Å². The fourth-order valence-electron chi connectivity index (χ4n) is 2.56. The largest absolute Gasteiger partial charge is 0.351 e. The number of carbonyl (C=O) groups excluding carboxylic acids is 1. The van der Waals surface area contributed by atoms with Crippen LogP contribution >= 0.6 is 0 Å². The molecule has 2 aromatic rings. The molecule has 2 aromatic heterocycles. The van der Waals surface area contributed by atoms with Gasteiger partial charge in [0.05, 0.1) is 12.4 Å². The second-order valence-electron chi connectivity index (χ2n) is 5.26. The number of nitrogens with one attached hydrogen (secondary N) is 1. The maximum absolute atomic E-state index is 14.2. The molecule has 1 aliphatic heterocycles.